The largest absolute Gasteiger partial charge is 0.291 e. The molecule has 0 fully saturated rings. The van der Waals surface area contributed by atoms with Crippen molar-refractivity contribution in [1.82, 2.24) is 4.90 Å². The third-order valence-electron chi connectivity index (χ3n) is 3.77. The minimum atomic E-state index is 0.301. The number of rotatable bonds is 7. The van der Waals surface area contributed by atoms with E-state index in [-0.39, 0.29) is 0 Å². The molecular weight excluding hydrogens is 256 g/mol. The van der Waals surface area contributed by atoms with Crippen molar-refractivity contribution in [3.63, 3.8) is 0 Å². The highest BCUT2D eigenvalue weighted by Gasteiger charge is 2.17. The van der Waals surface area contributed by atoms with Crippen LogP contribution in [0.1, 0.15) is 30.9 Å². The van der Waals surface area contributed by atoms with Crippen LogP contribution in [0.5, 0.6) is 0 Å². The lowest BCUT2D eigenvalue weighted by molar-refractivity contribution is 0.175. The predicted molar refractivity (Wildman–Crippen MR) is 86.4 cm³/mol. The van der Waals surface area contributed by atoms with Gasteiger partial charge in [0.25, 0.3) is 0 Å². The normalized spacial score (nSPS) is 12.0. The quantitative estimate of drug-likeness (QED) is 0.751. The molecule has 0 saturated carbocycles. The third-order valence-corrected chi connectivity index (χ3v) is 3.77. The highest BCUT2D eigenvalue weighted by atomic mass is 15.1. The lowest BCUT2D eigenvalue weighted by Gasteiger charge is -2.30. The molecule has 0 aromatic heterocycles. The summed E-state index contributed by atoms with van der Waals surface area (Å²) < 4.78 is 0. The molecular formula is C19H22N2. The van der Waals surface area contributed by atoms with Gasteiger partial charge in [0.05, 0.1) is 12.5 Å². The zero-order valence-corrected chi connectivity index (χ0v) is 12.6. The highest BCUT2D eigenvalue weighted by molar-refractivity contribution is 5.17. The van der Waals surface area contributed by atoms with Crippen LogP contribution >= 0.6 is 0 Å². The predicted octanol–water partition coefficient (Wildman–Crippen LogP) is 4.38. The Hall–Kier alpha value is -2.11. The molecule has 2 rings (SSSR count). The summed E-state index contributed by atoms with van der Waals surface area (Å²) in [5, 5.41) is 9.07. The second kappa shape index (κ2) is 8.24. The van der Waals surface area contributed by atoms with Gasteiger partial charge in [-0.25, -0.2) is 0 Å². The van der Waals surface area contributed by atoms with E-state index < -0.39 is 0 Å². The zero-order valence-electron chi connectivity index (χ0n) is 12.6. The van der Waals surface area contributed by atoms with E-state index in [1.807, 2.05) is 12.1 Å². The Morgan fingerprint density at radius 2 is 1.38 bits per heavy atom. The monoisotopic (exact) mass is 278 g/mol. The standard InChI is InChI=1S/C19H22N2/c1-2-19(13-14-20)21(15-17-9-5-3-6-10-17)16-18-11-7-4-8-12-18/h3-12,19H,2,13,15-16H2,1H3. The molecule has 0 heterocycles. The molecule has 0 radical (unpaired) electrons. The first kappa shape index (κ1) is 15.3. The number of nitriles is 1. The maximum atomic E-state index is 9.07. The van der Waals surface area contributed by atoms with Gasteiger partial charge < -0.3 is 0 Å². The first-order valence-corrected chi connectivity index (χ1v) is 7.52. The van der Waals surface area contributed by atoms with Gasteiger partial charge in [-0.05, 0) is 17.5 Å². The van der Waals surface area contributed by atoms with Gasteiger partial charge in [0, 0.05) is 19.1 Å². The summed E-state index contributed by atoms with van der Waals surface area (Å²) in [7, 11) is 0. The maximum absolute atomic E-state index is 9.07. The Labute approximate surface area is 127 Å². The van der Waals surface area contributed by atoms with E-state index in [9.17, 15) is 0 Å². The van der Waals surface area contributed by atoms with Gasteiger partial charge in [-0.1, -0.05) is 67.6 Å². The number of nitrogens with zero attached hydrogens (tertiary/aromatic N) is 2. The first-order chi connectivity index (χ1) is 10.3. The molecule has 108 valence electrons. The number of benzene rings is 2. The average Bonchev–Trinajstić information content (AvgIpc) is 2.54. The van der Waals surface area contributed by atoms with Crippen LogP contribution < -0.4 is 0 Å². The molecule has 0 bridgehead atoms. The molecule has 2 aromatic rings. The Balaban J connectivity index is 2.15. The van der Waals surface area contributed by atoms with Crippen LogP contribution in [-0.2, 0) is 13.1 Å². The van der Waals surface area contributed by atoms with Gasteiger partial charge in [-0.15, -0.1) is 0 Å². The van der Waals surface area contributed by atoms with Crippen LogP contribution in [0.2, 0.25) is 0 Å². The van der Waals surface area contributed by atoms with Crippen LogP contribution in [0.3, 0.4) is 0 Å². The van der Waals surface area contributed by atoms with Gasteiger partial charge in [-0.2, -0.15) is 5.26 Å². The van der Waals surface area contributed by atoms with Gasteiger partial charge in [-0.3, -0.25) is 4.90 Å². The van der Waals surface area contributed by atoms with E-state index in [4.69, 9.17) is 5.26 Å². The molecule has 21 heavy (non-hydrogen) atoms. The molecule has 2 aromatic carbocycles. The van der Waals surface area contributed by atoms with Crippen LogP contribution in [0.25, 0.3) is 0 Å². The van der Waals surface area contributed by atoms with E-state index in [1.54, 1.807) is 0 Å². The van der Waals surface area contributed by atoms with Gasteiger partial charge in [0.1, 0.15) is 0 Å². The van der Waals surface area contributed by atoms with Crippen molar-refractivity contribution in [2.45, 2.75) is 38.9 Å². The molecule has 2 heteroatoms. The van der Waals surface area contributed by atoms with E-state index in [1.165, 1.54) is 11.1 Å². The minimum Gasteiger partial charge on any atom is -0.291 e. The molecule has 1 unspecified atom stereocenters. The fourth-order valence-corrected chi connectivity index (χ4v) is 2.59. The number of hydrogen-bond donors (Lipinski definition) is 0. The number of hydrogen-bond acceptors (Lipinski definition) is 2. The van der Waals surface area contributed by atoms with Crippen LogP contribution in [-0.4, -0.2) is 10.9 Å². The molecule has 0 N–H and O–H groups in total. The highest BCUT2D eigenvalue weighted by Crippen LogP contribution is 2.17. The van der Waals surface area contributed by atoms with Gasteiger partial charge in [0.2, 0.25) is 0 Å². The van der Waals surface area contributed by atoms with Crippen molar-refractivity contribution >= 4 is 0 Å². The molecule has 0 aliphatic heterocycles. The average molecular weight is 278 g/mol. The Kier molecular flexibility index (Phi) is 5.99. The second-order valence-electron chi connectivity index (χ2n) is 5.30. The zero-order chi connectivity index (χ0) is 14.9. The topological polar surface area (TPSA) is 27.0 Å². The molecule has 0 saturated heterocycles. The third kappa shape index (κ3) is 4.73. The minimum absolute atomic E-state index is 0.301. The van der Waals surface area contributed by atoms with E-state index in [0.717, 1.165) is 19.5 Å². The van der Waals surface area contributed by atoms with Crippen molar-refractivity contribution in [2.75, 3.05) is 0 Å². The summed E-state index contributed by atoms with van der Waals surface area (Å²) in [5.41, 5.74) is 2.59. The molecule has 0 aliphatic carbocycles. The lowest BCUT2D eigenvalue weighted by atomic mass is 10.1. The molecule has 0 aliphatic rings. The maximum Gasteiger partial charge on any atom is 0.0638 e. The molecule has 0 amide bonds. The van der Waals surface area contributed by atoms with Gasteiger partial charge >= 0.3 is 0 Å². The van der Waals surface area contributed by atoms with E-state index in [2.05, 4.69) is 66.4 Å². The SMILES string of the molecule is CCC(CC#N)N(Cc1ccccc1)Cc1ccccc1. The summed E-state index contributed by atoms with van der Waals surface area (Å²) in [4.78, 5) is 2.41. The smallest absolute Gasteiger partial charge is 0.0638 e. The fraction of sp³-hybridized carbons (Fsp3) is 0.316. The summed E-state index contributed by atoms with van der Waals surface area (Å²) in [6, 6.07) is 23.6. The first-order valence-electron chi connectivity index (χ1n) is 7.52. The second-order valence-corrected chi connectivity index (χ2v) is 5.30. The lowest BCUT2D eigenvalue weighted by Crippen LogP contribution is -2.33. The summed E-state index contributed by atoms with van der Waals surface area (Å²) in [5.74, 6) is 0. The van der Waals surface area contributed by atoms with Gasteiger partial charge in [0.15, 0.2) is 0 Å². The van der Waals surface area contributed by atoms with Crippen LogP contribution in [0.4, 0.5) is 0 Å². The van der Waals surface area contributed by atoms with E-state index >= 15 is 0 Å². The Bertz CT molecular complexity index is 516. The molecule has 0 spiro atoms. The van der Waals surface area contributed by atoms with Crippen molar-refractivity contribution in [2.24, 2.45) is 0 Å². The van der Waals surface area contributed by atoms with E-state index in [0.29, 0.717) is 12.5 Å². The molecule has 1 atom stereocenters. The van der Waals surface area contributed by atoms with Crippen LogP contribution in [0.15, 0.2) is 60.7 Å². The van der Waals surface area contributed by atoms with Crippen molar-refractivity contribution in [3.05, 3.63) is 71.8 Å². The summed E-state index contributed by atoms with van der Waals surface area (Å²) >= 11 is 0. The van der Waals surface area contributed by atoms with Crippen molar-refractivity contribution in [3.8, 4) is 6.07 Å². The van der Waals surface area contributed by atoms with Crippen LogP contribution in [0, 0.1) is 11.3 Å². The Morgan fingerprint density at radius 1 is 0.905 bits per heavy atom. The Morgan fingerprint density at radius 3 is 1.76 bits per heavy atom. The molecule has 2 nitrogen and oxygen atoms in total. The summed E-state index contributed by atoms with van der Waals surface area (Å²) in [6.45, 7) is 3.93. The fourth-order valence-electron chi connectivity index (χ4n) is 2.59. The summed E-state index contributed by atoms with van der Waals surface area (Å²) in [6.07, 6.45) is 1.57. The van der Waals surface area contributed by atoms with Crippen molar-refractivity contribution in [1.29, 1.82) is 5.26 Å². The van der Waals surface area contributed by atoms with Crippen molar-refractivity contribution < 1.29 is 0 Å².